The maximum Gasteiger partial charge on any atom is 0.252 e. The molecule has 0 amide bonds. The number of aryl methyl sites for hydroxylation is 1. The normalized spacial score (nSPS) is 10.3. The summed E-state index contributed by atoms with van der Waals surface area (Å²) in [4.78, 5) is 20.2. The fourth-order valence-corrected chi connectivity index (χ4v) is 1.65. The summed E-state index contributed by atoms with van der Waals surface area (Å²) in [6.45, 7) is 2.67. The van der Waals surface area contributed by atoms with Crippen LogP contribution in [-0.4, -0.2) is 32.6 Å². The maximum atomic E-state index is 12.3. The molecule has 0 N–H and O–H groups in total. The Bertz CT molecular complexity index is 536. The van der Waals surface area contributed by atoms with Gasteiger partial charge in [-0.3, -0.25) is 9.48 Å². The van der Waals surface area contributed by atoms with Crippen LogP contribution in [0.25, 0.3) is 0 Å². The van der Waals surface area contributed by atoms with Crippen LogP contribution in [0.1, 0.15) is 29.7 Å². The van der Waals surface area contributed by atoms with Crippen molar-refractivity contribution >= 4 is 5.78 Å². The smallest absolute Gasteiger partial charge is 0.252 e. The molecule has 2 rings (SSSR count). The molecule has 0 saturated heterocycles. The fourth-order valence-electron chi connectivity index (χ4n) is 1.65. The van der Waals surface area contributed by atoms with Gasteiger partial charge in [0.1, 0.15) is 0 Å². The number of nitrogens with zero attached hydrogens (tertiary/aromatic N) is 4. The highest BCUT2D eigenvalue weighted by Crippen LogP contribution is 2.20. The van der Waals surface area contributed by atoms with E-state index < -0.39 is 0 Å². The summed E-state index contributed by atoms with van der Waals surface area (Å²) in [7, 11) is 1.51. The molecule has 0 aromatic carbocycles. The number of aromatic nitrogens is 4. The molecule has 6 heteroatoms. The first-order valence-corrected chi connectivity index (χ1v) is 5.69. The van der Waals surface area contributed by atoms with Crippen molar-refractivity contribution in [2.24, 2.45) is 0 Å². The van der Waals surface area contributed by atoms with Gasteiger partial charge in [0.25, 0.3) is 5.78 Å². The van der Waals surface area contributed by atoms with Crippen LogP contribution >= 0.6 is 0 Å². The van der Waals surface area contributed by atoms with E-state index in [2.05, 4.69) is 15.1 Å². The number of methoxy groups -OCH3 is 1. The van der Waals surface area contributed by atoms with E-state index in [1.807, 2.05) is 6.92 Å². The molecule has 0 unspecified atom stereocenters. The van der Waals surface area contributed by atoms with Crippen molar-refractivity contribution in [3.8, 4) is 5.75 Å². The molecule has 0 saturated carbocycles. The average Bonchev–Trinajstić information content (AvgIpc) is 2.82. The summed E-state index contributed by atoms with van der Waals surface area (Å²) in [5.74, 6) is 0.313. The highest BCUT2D eigenvalue weighted by atomic mass is 16.5. The molecular formula is C12H14N4O2. The lowest BCUT2D eigenvalue weighted by atomic mass is 10.2. The Morgan fingerprint density at radius 1 is 1.39 bits per heavy atom. The van der Waals surface area contributed by atoms with Gasteiger partial charge in [-0.2, -0.15) is 5.10 Å². The summed E-state index contributed by atoms with van der Waals surface area (Å²) in [5.41, 5.74) is 0.394. The molecule has 0 aliphatic heterocycles. The number of ether oxygens (including phenoxy) is 1. The molecule has 0 radical (unpaired) electrons. The minimum atomic E-state index is -0.279. The zero-order valence-corrected chi connectivity index (χ0v) is 10.3. The molecule has 18 heavy (non-hydrogen) atoms. The summed E-state index contributed by atoms with van der Waals surface area (Å²) in [6.07, 6.45) is 5.48. The molecule has 0 aliphatic carbocycles. The van der Waals surface area contributed by atoms with Crippen LogP contribution in [0, 0.1) is 0 Å². The number of carbonyl (C=O) groups is 1. The van der Waals surface area contributed by atoms with E-state index in [4.69, 9.17) is 4.74 Å². The average molecular weight is 246 g/mol. The number of carbonyl (C=O) groups excluding carboxylic acids is 1. The Labute approximate surface area is 105 Å². The largest absolute Gasteiger partial charge is 0.493 e. The van der Waals surface area contributed by atoms with Gasteiger partial charge in [-0.05, 0) is 12.5 Å². The molecule has 0 bridgehead atoms. The van der Waals surface area contributed by atoms with Crippen LogP contribution in [0.4, 0.5) is 0 Å². The number of hydrogen-bond donors (Lipinski definition) is 0. The van der Waals surface area contributed by atoms with Crippen molar-refractivity contribution in [1.29, 1.82) is 0 Å². The van der Waals surface area contributed by atoms with Crippen molar-refractivity contribution in [3.05, 3.63) is 36.2 Å². The van der Waals surface area contributed by atoms with Crippen molar-refractivity contribution in [1.82, 2.24) is 19.7 Å². The van der Waals surface area contributed by atoms with E-state index in [9.17, 15) is 4.79 Å². The molecule has 0 fully saturated rings. The molecule has 2 aromatic rings. The minimum Gasteiger partial charge on any atom is -0.493 e. The third-order valence-corrected chi connectivity index (χ3v) is 2.45. The first-order valence-electron chi connectivity index (χ1n) is 5.69. The highest BCUT2D eigenvalue weighted by Gasteiger charge is 2.22. The summed E-state index contributed by atoms with van der Waals surface area (Å²) >= 11 is 0. The lowest BCUT2D eigenvalue weighted by Crippen LogP contribution is -2.14. The molecule has 2 aromatic heterocycles. The molecule has 0 aliphatic rings. The van der Waals surface area contributed by atoms with E-state index in [1.54, 1.807) is 10.7 Å². The van der Waals surface area contributed by atoms with Gasteiger partial charge in [0.15, 0.2) is 11.4 Å². The fraction of sp³-hybridized carbons (Fsp3) is 0.333. The van der Waals surface area contributed by atoms with Gasteiger partial charge in [0, 0.05) is 18.9 Å². The van der Waals surface area contributed by atoms with Crippen LogP contribution in [0.3, 0.4) is 0 Å². The summed E-state index contributed by atoms with van der Waals surface area (Å²) in [5, 5.41) is 4.14. The lowest BCUT2D eigenvalue weighted by Gasteiger charge is -2.06. The zero-order chi connectivity index (χ0) is 13.0. The molecular weight excluding hydrogens is 232 g/mol. The van der Waals surface area contributed by atoms with E-state index in [-0.39, 0.29) is 11.6 Å². The van der Waals surface area contributed by atoms with Crippen molar-refractivity contribution in [3.63, 3.8) is 0 Å². The monoisotopic (exact) mass is 246 g/mol. The Kier molecular flexibility index (Phi) is 3.66. The molecule has 94 valence electrons. The Hall–Kier alpha value is -2.24. The summed E-state index contributed by atoms with van der Waals surface area (Å²) in [6, 6.07) is 1.66. The predicted molar refractivity (Wildman–Crippen MR) is 64.5 cm³/mol. The van der Waals surface area contributed by atoms with Crippen LogP contribution in [0.15, 0.2) is 24.7 Å². The SMILES string of the molecule is CCCn1ncc(OC)c1C(=O)c1ncccn1. The van der Waals surface area contributed by atoms with Crippen LogP contribution < -0.4 is 4.74 Å². The molecule has 0 atom stereocenters. The quantitative estimate of drug-likeness (QED) is 0.744. The second-order valence-corrected chi connectivity index (χ2v) is 3.69. The van der Waals surface area contributed by atoms with Gasteiger partial charge >= 0.3 is 0 Å². The van der Waals surface area contributed by atoms with Gasteiger partial charge in [-0.1, -0.05) is 6.92 Å². The van der Waals surface area contributed by atoms with Crippen molar-refractivity contribution in [2.75, 3.05) is 7.11 Å². The zero-order valence-electron chi connectivity index (χ0n) is 10.3. The van der Waals surface area contributed by atoms with Crippen LogP contribution in [0.5, 0.6) is 5.75 Å². The van der Waals surface area contributed by atoms with Crippen LogP contribution in [0.2, 0.25) is 0 Å². The molecule has 6 nitrogen and oxygen atoms in total. The first kappa shape index (κ1) is 12.2. The van der Waals surface area contributed by atoms with Gasteiger partial charge in [-0.25, -0.2) is 9.97 Å². The minimum absolute atomic E-state index is 0.147. The first-order chi connectivity index (χ1) is 8.77. The van der Waals surface area contributed by atoms with Gasteiger partial charge in [0.05, 0.1) is 13.3 Å². The van der Waals surface area contributed by atoms with Crippen molar-refractivity contribution in [2.45, 2.75) is 19.9 Å². The lowest BCUT2D eigenvalue weighted by molar-refractivity contribution is 0.101. The molecule has 0 spiro atoms. The van der Waals surface area contributed by atoms with E-state index in [0.29, 0.717) is 18.0 Å². The third-order valence-electron chi connectivity index (χ3n) is 2.45. The number of rotatable bonds is 5. The van der Waals surface area contributed by atoms with Gasteiger partial charge in [0.2, 0.25) is 5.82 Å². The maximum absolute atomic E-state index is 12.3. The van der Waals surface area contributed by atoms with E-state index in [0.717, 1.165) is 6.42 Å². The predicted octanol–water partition coefficient (Wildman–Crippen LogP) is 1.32. The summed E-state index contributed by atoms with van der Waals surface area (Å²) < 4.78 is 6.78. The highest BCUT2D eigenvalue weighted by molar-refractivity contribution is 6.07. The van der Waals surface area contributed by atoms with Crippen molar-refractivity contribution < 1.29 is 9.53 Å². The Morgan fingerprint density at radius 2 is 2.11 bits per heavy atom. The third kappa shape index (κ3) is 2.22. The van der Waals surface area contributed by atoms with E-state index >= 15 is 0 Å². The molecule has 2 heterocycles. The van der Waals surface area contributed by atoms with Gasteiger partial charge in [-0.15, -0.1) is 0 Å². The Balaban J connectivity index is 2.43. The number of hydrogen-bond acceptors (Lipinski definition) is 5. The Morgan fingerprint density at radius 3 is 2.72 bits per heavy atom. The standard InChI is InChI=1S/C12H14N4O2/c1-3-7-16-10(9(18-2)8-15-16)11(17)12-13-5-4-6-14-12/h4-6,8H,3,7H2,1-2H3. The van der Waals surface area contributed by atoms with E-state index in [1.165, 1.54) is 25.7 Å². The van der Waals surface area contributed by atoms with Crippen LogP contribution in [-0.2, 0) is 6.54 Å². The topological polar surface area (TPSA) is 69.9 Å². The second-order valence-electron chi connectivity index (χ2n) is 3.69. The number of ketones is 1. The van der Waals surface area contributed by atoms with Gasteiger partial charge < -0.3 is 4.74 Å². The second kappa shape index (κ2) is 5.39.